The molecule has 84 valence electrons. The van der Waals surface area contributed by atoms with Gasteiger partial charge in [-0.15, -0.1) is 0 Å². The Labute approximate surface area is 91.2 Å². The van der Waals surface area contributed by atoms with Crippen LogP contribution in [0.2, 0.25) is 0 Å². The van der Waals surface area contributed by atoms with Crippen molar-refractivity contribution in [1.29, 1.82) is 0 Å². The minimum absolute atomic E-state index is 0.0395. The van der Waals surface area contributed by atoms with Gasteiger partial charge in [0, 0.05) is 5.69 Å². The first-order valence-electron chi connectivity index (χ1n) is 4.94. The van der Waals surface area contributed by atoms with Gasteiger partial charge in [0.1, 0.15) is 0 Å². The summed E-state index contributed by atoms with van der Waals surface area (Å²) < 4.78 is 23.4. The van der Waals surface area contributed by atoms with Gasteiger partial charge in [-0.05, 0) is 17.5 Å². The lowest BCUT2D eigenvalue weighted by molar-refractivity contribution is 0.581. The van der Waals surface area contributed by atoms with Gasteiger partial charge in [0.25, 0.3) is 0 Å². The van der Waals surface area contributed by atoms with Crippen molar-refractivity contribution in [3.05, 3.63) is 29.8 Å². The predicted molar refractivity (Wildman–Crippen MR) is 63.2 cm³/mol. The smallest absolute Gasteiger partial charge is 0.154 e. The Morgan fingerprint density at radius 1 is 1.27 bits per heavy atom. The zero-order chi connectivity index (χ0) is 11.5. The Hall–Kier alpha value is -1.03. The van der Waals surface area contributed by atoms with E-state index in [2.05, 4.69) is 0 Å². The summed E-state index contributed by atoms with van der Waals surface area (Å²) in [6.07, 6.45) is 0. The van der Waals surface area contributed by atoms with Crippen LogP contribution < -0.4 is 5.73 Å². The number of sulfone groups is 1. The molecule has 0 heterocycles. The highest BCUT2D eigenvalue weighted by molar-refractivity contribution is 7.90. The topological polar surface area (TPSA) is 60.2 Å². The zero-order valence-electron chi connectivity index (χ0n) is 9.10. The van der Waals surface area contributed by atoms with Crippen LogP contribution in [0.1, 0.15) is 19.4 Å². The first-order chi connectivity index (χ1) is 6.91. The largest absolute Gasteiger partial charge is 0.398 e. The number of rotatable bonds is 4. The molecule has 0 amide bonds. The van der Waals surface area contributed by atoms with Gasteiger partial charge < -0.3 is 5.73 Å². The average Bonchev–Trinajstić information content (AvgIpc) is 2.06. The van der Waals surface area contributed by atoms with Gasteiger partial charge in [-0.1, -0.05) is 32.0 Å². The molecule has 1 rings (SSSR count). The van der Waals surface area contributed by atoms with Crippen LogP contribution in [0, 0.1) is 5.92 Å². The van der Waals surface area contributed by atoms with E-state index < -0.39 is 9.84 Å². The molecule has 15 heavy (non-hydrogen) atoms. The lowest BCUT2D eigenvalue weighted by atomic mass is 10.2. The van der Waals surface area contributed by atoms with E-state index in [-0.39, 0.29) is 17.4 Å². The summed E-state index contributed by atoms with van der Waals surface area (Å²) in [5.74, 6) is 0.402. The fourth-order valence-electron chi connectivity index (χ4n) is 1.47. The molecule has 0 aliphatic carbocycles. The highest BCUT2D eigenvalue weighted by Crippen LogP contribution is 2.15. The van der Waals surface area contributed by atoms with Crippen LogP contribution in [0.25, 0.3) is 0 Å². The molecule has 0 aliphatic heterocycles. The van der Waals surface area contributed by atoms with Crippen LogP contribution in [0.5, 0.6) is 0 Å². The Bertz CT molecular complexity index is 424. The predicted octanol–water partition coefficient (Wildman–Crippen LogP) is 1.84. The Morgan fingerprint density at radius 2 is 1.87 bits per heavy atom. The van der Waals surface area contributed by atoms with E-state index >= 15 is 0 Å². The maximum atomic E-state index is 11.7. The molecule has 0 saturated carbocycles. The minimum Gasteiger partial charge on any atom is -0.398 e. The van der Waals surface area contributed by atoms with Crippen LogP contribution >= 0.6 is 0 Å². The molecule has 0 radical (unpaired) electrons. The third-order valence-corrected chi connectivity index (χ3v) is 3.94. The number of hydrogen-bond donors (Lipinski definition) is 1. The second-order valence-electron chi connectivity index (χ2n) is 4.15. The summed E-state index contributed by atoms with van der Waals surface area (Å²) >= 11 is 0. The number of benzene rings is 1. The van der Waals surface area contributed by atoms with E-state index in [4.69, 9.17) is 5.73 Å². The Kier molecular flexibility index (Phi) is 3.74. The summed E-state index contributed by atoms with van der Waals surface area (Å²) in [5, 5.41) is 0. The molecule has 0 fully saturated rings. The van der Waals surface area contributed by atoms with Crippen molar-refractivity contribution in [3.63, 3.8) is 0 Å². The molecule has 3 nitrogen and oxygen atoms in total. The minimum atomic E-state index is -3.04. The molecule has 0 aliphatic rings. The molecule has 0 bridgehead atoms. The summed E-state index contributed by atoms with van der Waals surface area (Å²) in [6, 6.07) is 7.08. The second-order valence-corrected chi connectivity index (χ2v) is 6.26. The van der Waals surface area contributed by atoms with Crippen LogP contribution in [0.3, 0.4) is 0 Å². The summed E-state index contributed by atoms with van der Waals surface area (Å²) in [5.41, 5.74) is 6.93. The summed E-state index contributed by atoms with van der Waals surface area (Å²) in [4.78, 5) is 0. The highest BCUT2D eigenvalue weighted by Gasteiger charge is 2.15. The second kappa shape index (κ2) is 4.66. The zero-order valence-corrected chi connectivity index (χ0v) is 9.92. The fraction of sp³-hybridized carbons (Fsp3) is 0.455. The van der Waals surface area contributed by atoms with E-state index in [0.29, 0.717) is 11.3 Å². The van der Waals surface area contributed by atoms with Crippen LogP contribution in [-0.4, -0.2) is 14.2 Å². The summed E-state index contributed by atoms with van der Waals surface area (Å²) in [7, 11) is -3.04. The maximum Gasteiger partial charge on any atom is 0.154 e. The number of nitrogen functional groups attached to an aromatic ring is 1. The van der Waals surface area contributed by atoms with E-state index in [1.807, 2.05) is 13.8 Å². The molecule has 0 spiro atoms. The van der Waals surface area contributed by atoms with Crippen molar-refractivity contribution < 1.29 is 8.42 Å². The number of hydrogen-bond acceptors (Lipinski definition) is 3. The van der Waals surface area contributed by atoms with Crippen molar-refractivity contribution in [2.75, 3.05) is 11.5 Å². The lowest BCUT2D eigenvalue weighted by Gasteiger charge is -2.08. The third kappa shape index (κ3) is 3.91. The van der Waals surface area contributed by atoms with E-state index in [0.717, 1.165) is 0 Å². The SMILES string of the molecule is CC(C)CS(=O)(=O)Cc1ccccc1N. The Morgan fingerprint density at radius 3 is 2.40 bits per heavy atom. The molecule has 4 heteroatoms. The molecule has 0 unspecified atom stereocenters. The van der Waals surface area contributed by atoms with Gasteiger partial charge in [0.05, 0.1) is 11.5 Å². The van der Waals surface area contributed by atoms with Gasteiger partial charge in [0.15, 0.2) is 9.84 Å². The van der Waals surface area contributed by atoms with Crippen molar-refractivity contribution in [3.8, 4) is 0 Å². The van der Waals surface area contributed by atoms with E-state index in [1.54, 1.807) is 24.3 Å². The van der Waals surface area contributed by atoms with Crippen molar-refractivity contribution in [2.45, 2.75) is 19.6 Å². The highest BCUT2D eigenvalue weighted by atomic mass is 32.2. The van der Waals surface area contributed by atoms with Gasteiger partial charge in [-0.2, -0.15) is 0 Å². The first-order valence-corrected chi connectivity index (χ1v) is 6.76. The van der Waals surface area contributed by atoms with Crippen LogP contribution in [0.4, 0.5) is 5.69 Å². The molecular formula is C11H17NO2S. The van der Waals surface area contributed by atoms with Crippen molar-refractivity contribution >= 4 is 15.5 Å². The van der Waals surface area contributed by atoms with Gasteiger partial charge in [-0.3, -0.25) is 0 Å². The molecule has 0 saturated heterocycles. The third-order valence-electron chi connectivity index (χ3n) is 2.02. The molecule has 0 atom stereocenters. The Balaban J connectivity index is 2.83. The quantitative estimate of drug-likeness (QED) is 0.798. The van der Waals surface area contributed by atoms with Crippen LogP contribution in [-0.2, 0) is 15.6 Å². The molecular weight excluding hydrogens is 210 g/mol. The normalized spacial score (nSPS) is 11.9. The van der Waals surface area contributed by atoms with E-state index in [9.17, 15) is 8.42 Å². The molecule has 0 aromatic heterocycles. The van der Waals surface area contributed by atoms with Gasteiger partial charge in [-0.25, -0.2) is 8.42 Å². The first kappa shape index (κ1) is 12.0. The van der Waals surface area contributed by atoms with Crippen LogP contribution in [0.15, 0.2) is 24.3 Å². The van der Waals surface area contributed by atoms with Gasteiger partial charge in [0.2, 0.25) is 0 Å². The number of anilines is 1. The monoisotopic (exact) mass is 227 g/mol. The van der Waals surface area contributed by atoms with Crippen molar-refractivity contribution in [2.24, 2.45) is 5.92 Å². The molecule has 1 aromatic rings. The molecule has 2 N–H and O–H groups in total. The maximum absolute atomic E-state index is 11.7. The lowest BCUT2D eigenvalue weighted by Crippen LogP contribution is -2.14. The van der Waals surface area contributed by atoms with Gasteiger partial charge >= 0.3 is 0 Å². The summed E-state index contributed by atoms with van der Waals surface area (Å²) in [6.45, 7) is 3.79. The van der Waals surface area contributed by atoms with Crippen molar-refractivity contribution in [1.82, 2.24) is 0 Å². The average molecular weight is 227 g/mol. The fourth-order valence-corrected chi connectivity index (χ4v) is 3.34. The van der Waals surface area contributed by atoms with E-state index in [1.165, 1.54) is 0 Å². The number of para-hydroxylation sites is 1. The molecule has 1 aromatic carbocycles. The number of nitrogens with two attached hydrogens (primary N) is 1. The standard InChI is InChI=1S/C11H17NO2S/c1-9(2)7-15(13,14)8-10-5-3-4-6-11(10)12/h3-6,9H,7-8,12H2,1-2H3.